The Morgan fingerprint density at radius 1 is 1.09 bits per heavy atom. The van der Waals surface area contributed by atoms with Crippen LogP contribution in [0.5, 0.6) is 5.75 Å². The summed E-state index contributed by atoms with van der Waals surface area (Å²) in [4.78, 5) is 13.9. The van der Waals surface area contributed by atoms with E-state index < -0.39 is 21.4 Å². The third-order valence-electron chi connectivity index (χ3n) is 4.90. The average Bonchev–Trinajstić information content (AvgIpc) is 2.69. The van der Waals surface area contributed by atoms with Gasteiger partial charge in [-0.2, -0.15) is 0 Å². The standard InChI is InChI=1S/C23H29FN2O5S/c1-16-5-8-19(9-6-16)32(28,29)25-20-15-17(24)7-10-21(20)30-18-11-13-26(14-12-18)22(27)31-23(2,3)4/h5-10,15,18,25H,11-14H2,1-4H3. The lowest BCUT2D eigenvalue weighted by atomic mass is 10.1. The second-order valence-electron chi connectivity index (χ2n) is 8.84. The summed E-state index contributed by atoms with van der Waals surface area (Å²) >= 11 is 0. The number of nitrogens with zero attached hydrogens (tertiary/aromatic N) is 1. The second-order valence-corrected chi connectivity index (χ2v) is 10.5. The van der Waals surface area contributed by atoms with Crippen LogP contribution in [0, 0.1) is 12.7 Å². The molecule has 1 fully saturated rings. The van der Waals surface area contributed by atoms with Crippen LogP contribution in [0.25, 0.3) is 0 Å². The molecule has 0 bridgehead atoms. The first-order chi connectivity index (χ1) is 14.9. The zero-order valence-electron chi connectivity index (χ0n) is 18.7. The summed E-state index contributed by atoms with van der Waals surface area (Å²) in [6.07, 6.45) is 0.465. The van der Waals surface area contributed by atoms with Gasteiger partial charge in [0.05, 0.1) is 10.6 Å². The van der Waals surface area contributed by atoms with Gasteiger partial charge in [-0.3, -0.25) is 4.72 Å². The number of rotatable bonds is 5. The number of nitrogens with one attached hydrogen (secondary N) is 1. The summed E-state index contributed by atoms with van der Waals surface area (Å²) in [5.74, 6) is -0.350. The Balaban J connectivity index is 1.68. The Bertz CT molecular complexity index is 1060. The van der Waals surface area contributed by atoms with E-state index in [1.54, 1.807) is 17.0 Å². The fourth-order valence-electron chi connectivity index (χ4n) is 3.27. The molecule has 0 aliphatic carbocycles. The maximum atomic E-state index is 13.9. The molecule has 0 aromatic heterocycles. The minimum absolute atomic E-state index is 0.0279. The molecule has 1 heterocycles. The van der Waals surface area contributed by atoms with Crippen molar-refractivity contribution in [2.24, 2.45) is 0 Å². The van der Waals surface area contributed by atoms with Crippen molar-refractivity contribution in [1.29, 1.82) is 0 Å². The van der Waals surface area contributed by atoms with Crippen molar-refractivity contribution in [1.82, 2.24) is 4.90 Å². The van der Waals surface area contributed by atoms with Crippen molar-refractivity contribution in [3.05, 3.63) is 53.8 Å². The maximum Gasteiger partial charge on any atom is 0.410 e. The SMILES string of the molecule is Cc1ccc(S(=O)(=O)Nc2cc(F)ccc2OC2CCN(C(=O)OC(C)(C)C)CC2)cc1. The third kappa shape index (κ3) is 6.35. The van der Waals surface area contributed by atoms with Gasteiger partial charge in [0.2, 0.25) is 0 Å². The summed E-state index contributed by atoms with van der Waals surface area (Å²) < 4.78 is 53.2. The summed E-state index contributed by atoms with van der Waals surface area (Å²) in [5, 5.41) is 0. The fraction of sp³-hybridized carbons (Fsp3) is 0.435. The number of likely N-dealkylation sites (tertiary alicyclic amines) is 1. The van der Waals surface area contributed by atoms with Gasteiger partial charge in [0.25, 0.3) is 10.0 Å². The Kier molecular flexibility index (Phi) is 6.97. The maximum absolute atomic E-state index is 13.9. The molecule has 9 heteroatoms. The van der Waals surface area contributed by atoms with Gasteiger partial charge in [-0.05, 0) is 52.0 Å². The molecule has 3 rings (SSSR count). The third-order valence-corrected chi connectivity index (χ3v) is 6.29. The molecule has 1 aliphatic rings. The number of sulfonamides is 1. The van der Waals surface area contributed by atoms with Crippen LogP contribution in [0.1, 0.15) is 39.2 Å². The molecule has 2 aromatic carbocycles. The summed E-state index contributed by atoms with van der Waals surface area (Å²) in [6.45, 7) is 8.20. The van der Waals surface area contributed by atoms with E-state index in [0.717, 1.165) is 11.6 Å². The smallest absolute Gasteiger partial charge is 0.410 e. The van der Waals surface area contributed by atoms with Crippen LogP contribution in [0.4, 0.5) is 14.9 Å². The van der Waals surface area contributed by atoms with Crippen LogP contribution in [-0.4, -0.2) is 44.2 Å². The van der Waals surface area contributed by atoms with Crippen LogP contribution >= 0.6 is 0 Å². The van der Waals surface area contributed by atoms with Crippen molar-refractivity contribution in [3.8, 4) is 5.75 Å². The Hall–Kier alpha value is -2.81. The highest BCUT2D eigenvalue weighted by atomic mass is 32.2. The van der Waals surface area contributed by atoms with E-state index in [1.165, 1.54) is 24.3 Å². The van der Waals surface area contributed by atoms with E-state index in [0.29, 0.717) is 25.9 Å². The van der Waals surface area contributed by atoms with E-state index in [-0.39, 0.29) is 28.5 Å². The number of carbonyl (C=O) groups excluding carboxylic acids is 1. The van der Waals surface area contributed by atoms with Crippen molar-refractivity contribution < 1.29 is 27.1 Å². The predicted octanol–water partition coefficient (Wildman–Crippen LogP) is 4.71. The molecule has 32 heavy (non-hydrogen) atoms. The second kappa shape index (κ2) is 9.36. The number of hydrogen-bond acceptors (Lipinski definition) is 5. The van der Waals surface area contributed by atoms with Gasteiger partial charge in [-0.15, -0.1) is 0 Å². The molecule has 174 valence electrons. The Morgan fingerprint density at radius 2 is 1.72 bits per heavy atom. The molecule has 0 atom stereocenters. The highest BCUT2D eigenvalue weighted by Gasteiger charge is 2.28. The van der Waals surface area contributed by atoms with Gasteiger partial charge < -0.3 is 14.4 Å². The summed E-state index contributed by atoms with van der Waals surface area (Å²) in [6, 6.07) is 10.1. The van der Waals surface area contributed by atoms with Crippen molar-refractivity contribution in [2.75, 3.05) is 17.8 Å². The average molecular weight is 465 g/mol. The number of aryl methyl sites for hydroxylation is 1. The van der Waals surface area contributed by atoms with Crippen LogP contribution in [-0.2, 0) is 14.8 Å². The molecule has 1 N–H and O–H groups in total. The number of benzene rings is 2. The quantitative estimate of drug-likeness (QED) is 0.693. The van der Waals surface area contributed by atoms with Gasteiger partial charge in [0, 0.05) is 32.0 Å². The van der Waals surface area contributed by atoms with Gasteiger partial charge in [-0.1, -0.05) is 17.7 Å². The molecule has 1 aliphatic heterocycles. The number of piperidine rings is 1. The van der Waals surface area contributed by atoms with E-state index in [1.807, 2.05) is 27.7 Å². The highest BCUT2D eigenvalue weighted by Crippen LogP contribution is 2.31. The number of anilines is 1. The predicted molar refractivity (Wildman–Crippen MR) is 120 cm³/mol. The van der Waals surface area contributed by atoms with E-state index in [2.05, 4.69) is 4.72 Å². The molecule has 1 amide bonds. The van der Waals surface area contributed by atoms with Gasteiger partial charge in [-0.25, -0.2) is 17.6 Å². The Morgan fingerprint density at radius 3 is 2.31 bits per heavy atom. The molecular formula is C23H29FN2O5S. The molecule has 2 aromatic rings. The molecular weight excluding hydrogens is 435 g/mol. The van der Waals surface area contributed by atoms with E-state index in [4.69, 9.17) is 9.47 Å². The van der Waals surface area contributed by atoms with E-state index >= 15 is 0 Å². The molecule has 7 nitrogen and oxygen atoms in total. The molecule has 0 spiro atoms. The highest BCUT2D eigenvalue weighted by molar-refractivity contribution is 7.92. The van der Waals surface area contributed by atoms with Gasteiger partial charge in [0.15, 0.2) is 0 Å². The fourth-order valence-corrected chi connectivity index (χ4v) is 4.33. The molecule has 0 unspecified atom stereocenters. The normalized spacial score (nSPS) is 15.3. The number of carbonyl (C=O) groups is 1. The first-order valence-corrected chi connectivity index (χ1v) is 11.9. The molecule has 0 saturated carbocycles. The lowest BCUT2D eigenvalue weighted by Gasteiger charge is -2.33. The summed E-state index contributed by atoms with van der Waals surface area (Å²) in [5.41, 5.74) is 0.388. The first-order valence-electron chi connectivity index (χ1n) is 10.5. The Labute approximate surface area is 188 Å². The van der Waals surface area contributed by atoms with Crippen molar-refractivity contribution >= 4 is 21.8 Å². The molecule has 1 saturated heterocycles. The van der Waals surface area contributed by atoms with Crippen LogP contribution in [0.15, 0.2) is 47.4 Å². The van der Waals surface area contributed by atoms with Crippen LogP contribution in [0.2, 0.25) is 0 Å². The summed E-state index contributed by atoms with van der Waals surface area (Å²) in [7, 11) is -3.91. The van der Waals surface area contributed by atoms with Gasteiger partial charge in [0.1, 0.15) is 23.3 Å². The molecule has 0 radical (unpaired) electrons. The van der Waals surface area contributed by atoms with Crippen LogP contribution in [0.3, 0.4) is 0 Å². The van der Waals surface area contributed by atoms with Crippen molar-refractivity contribution in [2.45, 2.75) is 57.1 Å². The first kappa shape index (κ1) is 23.8. The lowest BCUT2D eigenvalue weighted by Crippen LogP contribution is -2.44. The topological polar surface area (TPSA) is 84.9 Å². The minimum atomic E-state index is -3.91. The zero-order chi connectivity index (χ0) is 23.5. The van der Waals surface area contributed by atoms with Crippen molar-refractivity contribution in [3.63, 3.8) is 0 Å². The monoisotopic (exact) mass is 464 g/mol. The lowest BCUT2D eigenvalue weighted by molar-refractivity contribution is 0.0127. The van der Waals surface area contributed by atoms with E-state index in [9.17, 15) is 17.6 Å². The number of hydrogen-bond donors (Lipinski definition) is 1. The minimum Gasteiger partial charge on any atom is -0.488 e. The number of halogens is 1. The zero-order valence-corrected chi connectivity index (χ0v) is 19.5. The van der Waals surface area contributed by atoms with Crippen LogP contribution < -0.4 is 9.46 Å². The van der Waals surface area contributed by atoms with Gasteiger partial charge >= 0.3 is 6.09 Å². The largest absolute Gasteiger partial charge is 0.488 e. The number of amides is 1. The number of ether oxygens (including phenoxy) is 2.